The molecule has 0 spiro atoms. The smallest absolute Gasteiger partial charge is 0.318 e. The van der Waals surface area contributed by atoms with Crippen molar-refractivity contribution in [1.29, 1.82) is 0 Å². The molecular formula is C14H18N2O3S. The van der Waals surface area contributed by atoms with E-state index in [2.05, 4.69) is 9.97 Å². The van der Waals surface area contributed by atoms with E-state index < -0.39 is 5.41 Å². The first kappa shape index (κ1) is 13.8. The number of nitrogens with zero attached hydrogens (tertiary/aromatic N) is 2. The summed E-state index contributed by atoms with van der Waals surface area (Å²) >= 11 is 1.53. The van der Waals surface area contributed by atoms with E-state index in [1.807, 2.05) is 6.26 Å². The Labute approximate surface area is 122 Å². The number of ether oxygens (including phenoxy) is 2. The summed E-state index contributed by atoms with van der Waals surface area (Å²) in [5, 5.41) is 0.824. The Hall–Kier alpha value is -1.14. The van der Waals surface area contributed by atoms with Gasteiger partial charge in [0.1, 0.15) is 10.4 Å². The molecule has 2 atom stereocenters. The van der Waals surface area contributed by atoms with E-state index >= 15 is 0 Å². The minimum Gasteiger partial charge on any atom is -0.468 e. The lowest BCUT2D eigenvalue weighted by molar-refractivity contribution is -0.155. The average Bonchev–Trinajstić information content (AvgIpc) is 2.85. The summed E-state index contributed by atoms with van der Waals surface area (Å²) in [5.41, 5.74) is 0.0220. The number of rotatable bonds is 3. The number of fused-ring (bicyclic) bond motifs is 2. The third kappa shape index (κ3) is 2.20. The molecule has 2 unspecified atom stereocenters. The molecule has 0 radical (unpaired) electrons. The molecule has 6 heteroatoms. The fourth-order valence-electron chi connectivity index (χ4n) is 3.29. The highest BCUT2D eigenvalue weighted by atomic mass is 32.2. The van der Waals surface area contributed by atoms with Crippen LogP contribution in [-0.4, -0.2) is 41.5 Å². The van der Waals surface area contributed by atoms with Crippen LogP contribution in [0.15, 0.2) is 17.4 Å². The molecular weight excluding hydrogens is 276 g/mol. The van der Waals surface area contributed by atoms with E-state index in [-0.39, 0.29) is 18.2 Å². The number of hydrogen-bond donors (Lipinski definition) is 0. The van der Waals surface area contributed by atoms with Crippen LogP contribution in [0, 0.1) is 0 Å². The molecule has 0 saturated carbocycles. The van der Waals surface area contributed by atoms with E-state index in [1.165, 1.54) is 18.9 Å². The van der Waals surface area contributed by atoms with Crippen molar-refractivity contribution in [1.82, 2.24) is 9.97 Å². The molecule has 2 saturated heterocycles. The number of methoxy groups -OCH3 is 1. The number of hydrogen-bond acceptors (Lipinski definition) is 6. The Morgan fingerprint density at radius 1 is 1.40 bits per heavy atom. The summed E-state index contributed by atoms with van der Waals surface area (Å²) in [4.78, 5) is 21.3. The Balaban J connectivity index is 2.03. The van der Waals surface area contributed by atoms with Gasteiger partial charge in [0, 0.05) is 6.20 Å². The molecule has 1 aromatic rings. The van der Waals surface area contributed by atoms with Crippen molar-refractivity contribution in [3.05, 3.63) is 18.1 Å². The van der Waals surface area contributed by atoms with Gasteiger partial charge in [-0.1, -0.05) is 0 Å². The standard InChI is InChI=1S/C14H18N2O3S/c1-18-13(17)14(5-9-3-4-10(6-14)19-9)11-7-15-8-12(16-11)20-2/h7-10H,3-6H2,1-2H3. The molecule has 2 bridgehead atoms. The van der Waals surface area contributed by atoms with Crippen molar-refractivity contribution in [3.8, 4) is 0 Å². The van der Waals surface area contributed by atoms with E-state index in [0.717, 1.165) is 23.6 Å². The molecule has 3 heterocycles. The largest absolute Gasteiger partial charge is 0.468 e. The van der Waals surface area contributed by atoms with Crippen LogP contribution >= 0.6 is 11.8 Å². The SMILES string of the molecule is COC(=O)C1(c2cncc(SC)n2)CC2CCC(C1)O2. The summed E-state index contributed by atoms with van der Waals surface area (Å²) in [6.45, 7) is 0. The fraction of sp³-hybridized carbons (Fsp3) is 0.643. The molecule has 20 heavy (non-hydrogen) atoms. The Morgan fingerprint density at radius 2 is 2.10 bits per heavy atom. The molecule has 0 amide bonds. The molecule has 0 aliphatic carbocycles. The van der Waals surface area contributed by atoms with Crippen LogP contribution in [0.2, 0.25) is 0 Å². The van der Waals surface area contributed by atoms with Crippen molar-refractivity contribution in [2.24, 2.45) is 0 Å². The van der Waals surface area contributed by atoms with Crippen LogP contribution in [0.25, 0.3) is 0 Å². The Bertz CT molecular complexity index is 511. The van der Waals surface area contributed by atoms with Gasteiger partial charge in [0.05, 0.1) is 31.2 Å². The van der Waals surface area contributed by atoms with Gasteiger partial charge in [-0.05, 0) is 31.9 Å². The lowest BCUT2D eigenvalue weighted by atomic mass is 9.75. The van der Waals surface area contributed by atoms with Gasteiger partial charge < -0.3 is 9.47 Å². The first-order chi connectivity index (χ1) is 9.68. The quantitative estimate of drug-likeness (QED) is 0.627. The number of carbonyl (C=O) groups excluding carboxylic acids is 1. The molecule has 0 N–H and O–H groups in total. The van der Waals surface area contributed by atoms with Gasteiger partial charge >= 0.3 is 5.97 Å². The maximum atomic E-state index is 12.5. The summed E-state index contributed by atoms with van der Waals surface area (Å²) in [7, 11) is 1.44. The second-order valence-corrected chi connectivity index (χ2v) is 6.21. The fourth-order valence-corrected chi connectivity index (χ4v) is 3.65. The summed E-state index contributed by atoms with van der Waals surface area (Å²) < 4.78 is 10.9. The van der Waals surface area contributed by atoms with Crippen LogP contribution in [-0.2, 0) is 19.7 Å². The zero-order valence-corrected chi connectivity index (χ0v) is 12.5. The maximum Gasteiger partial charge on any atom is 0.318 e. The minimum atomic E-state index is -0.697. The highest BCUT2D eigenvalue weighted by Crippen LogP contribution is 2.45. The Kier molecular flexibility index (Phi) is 3.69. The predicted molar refractivity (Wildman–Crippen MR) is 74.6 cm³/mol. The molecule has 5 nitrogen and oxygen atoms in total. The van der Waals surface area contributed by atoms with Gasteiger partial charge in [0.25, 0.3) is 0 Å². The highest BCUT2D eigenvalue weighted by molar-refractivity contribution is 7.98. The van der Waals surface area contributed by atoms with Gasteiger partial charge in [-0.25, -0.2) is 4.98 Å². The second-order valence-electron chi connectivity index (χ2n) is 5.39. The number of thioether (sulfide) groups is 1. The van der Waals surface area contributed by atoms with Crippen LogP contribution in [0.3, 0.4) is 0 Å². The van der Waals surface area contributed by atoms with Crippen molar-refractivity contribution >= 4 is 17.7 Å². The van der Waals surface area contributed by atoms with Gasteiger partial charge in [-0.2, -0.15) is 0 Å². The molecule has 1 aromatic heterocycles. The van der Waals surface area contributed by atoms with Crippen molar-refractivity contribution in [2.45, 2.75) is 48.3 Å². The van der Waals surface area contributed by atoms with Crippen molar-refractivity contribution < 1.29 is 14.3 Å². The third-order valence-electron chi connectivity index (χ3n) is 4.24. The number of esters is 1. The van der Waals surface area contributed by atoms with Crippen LogP contribution < -0.4 is 0 Å². The summed E-state index contributed by atoms with van der Waals surface area (Å²) in [6, 6.07) is 0. The summed E-state index contributed by atoms with van der Waals surface area (Å²) in [5.74, 6) is -0.217. The minimum absolute atomic E-state index is 0.132. The van der Waals surface area contributed by atoms with Crippen LogP contribution in [0.4, 0.5) is 0 Å². The topological polar surface area (TPSA) is 61.3 Å². The zero-order valence-electron chi connectivity index (χ0n) is 11.7. The average molecular weight is 294 g/mol. The molecule has 108 valence electrons. The van der Waals surface area contributed by atoms with Crippen LogP contribution in [0.5, 0.6) is 0 Å². The predicted octanol–water partition coefficient (Wildman–Crippen LogP) is 1.95. The number of carbonyl (C=O) groups is 1. The van der Waals surface area contributed by atoms with E-state index in [4.69, 9.17) is 9.47 Å². The molecule has 2 aliphatic rings. The molecule has 0 aromatic carbocycles. The third-order valence-corrected chi connectivity index (χ3v) is 4.85. The number of aromatic nitrogens is 2. The first-order valence-electron chi connectivity index (χ1n) is 6.78. The Morgan fingerprint density at radius 3 is 2.70 bits per heavy atom. The normalized spacial score (nSPS) is 32.1. The molecule has 2 fully saturated rings. The van der Waals surface area contributed by atoms with Crippen molar-refractivity contribution in [3.63, 3.8) is 0 Å². The second kappa shape index (κ2) is 5.33. The van der Waals surface area contributed by atoms with E-state index in [9.17, 15) is 4.79 Å². The monoisotopic (exact) mass is 294 g/mol. The van der Waals surface area contributed by atoms with Gasteiger partial charge in [0.15, 0.2) is 0 Å². The van der Waals surface area contributed by atoms with Gasteiger partial charge in [-0.15, -0.1) is 11.8 Å². The lowest BCUT2D eigenvalue weighted by Crippen LogP contribution is -2.46. The first-order valence-corrected chi connectivity index (χ1v) is 8.01. The lowest BCUT2D eigenvalue weighted by Gasteiger charge is -2.37. The molecule has 3 rings (SSSR count). The van der Waals surface area contributed by atoms with E-state index in [0.29, 0.717) is 12.8 Å². The summed E-state index contributed by atoms with van der Waals surface area (Å²) in [6.07, 6.45) is 8.93. The van der Waals surface area contributed by atoms with Gasteiger partial charge in [-0.3, -0.25) is 9.78 Å². The van der Waals surface area contributed by atoms with Crippen molar-refractivity contribution in [2.75, 3.05) is 13.4 Å². The highest BCUT2D eigenvalue weighted by Gasteiger charge is 2.52. The van der Waals surface area contributed by atoms with E-state index in [1.54, 1.807) is 12.4 Å². The van der Waals surface area contributed by atoms with Crippen LogP contribution in [0.1, 0.15) is 31.4 Å². The van der Waals surface area contributed by atoms with Gasteiger partial charge in [0.2, 0.25) is 0 Å². The zero-order chi connectivity index (χ0) is 14.2. The maximum absolute atomic E-state index is 12.5. The molecule has 2 aliphatic heterocycles.